The first-order valence-electron chi connectivity index (χ1n) is 7.47. The summed E-state index contributed by atoms with van der Waals surface area (Å²) in [6, 6.07) is 1.42. The predicted octanol–water partition coefficient (Wildman–Crippen LogP) is 3.75. The van der Waals surface area contributed by atoms with Gasteiger partial charge in [-0.25, -0.2) is 13.6 Å². The van der Waals surface area contributed by atoms with Crippen LogP contribution < -0.4 is 10.2 Å². The third kappa shape index (κ3) is 3.85. The van der Waals surface area contributed by atoms with Crippen LogP contribution in [0.25, 0.3) is 0 Å². The van der Waals surface area contributed by atoms with Gasteiger partial charge in [0.1, 0.15) is 11.6 Å². The second-order valence-corrected chi connectivity index (χ2v) is 7.54. The van der Waals surface area contributed by atoms with Crippen molar-refractivity contribution in [3.63, 3.8) is 0 Å². The molecule has 1 aliphatic rings. The number of anilines is 1. The quantitative estimate of drug-likeness (QED) is 0.763. The summed E-state index contributed by atoms with van der Waals surface area (Å²) in [4.78, 5) is 25.5. The Bertz CT molecular complexity index is 676. The van der Waals surface area contributed by atoms with Crippen molar-refractivity contribution < 1.29 is 23.1 Å². The number of rotatable bonds is 2. The summed E-state index contributed by atoms with van der Waals surface area (Å²) in [7, 11) is 0. The van der Waals surface area contributed by atoms with Crippen LogP contribution in [-0.2, 0) is 9.53 Å². The molecular weight excluding hydrogens is 386 g/mol. The van der Waals surface area contributed by atoms with Crippen LogP contribution in [0.2, 0.25) is 0 Å². The Hall–Kier alpha value is -1.70. The second kappa shape index (κ2) is 6.66. The fraction of sp³-hybridized carbons (Fsp3) is 0.500. The van der Waals surface area contributed by atoms with Crippen molar-refractivity contribution >= 4 is 33.6 Å². The molecule has 2 rings (SSSR count). The molecule has 2 unspecified atom stereocenters. The third-order valence-corrected chi connectivity index (χ3v) is 4.13. The maximum Gasteiger partial charge on any atom is 0.408 e. The van der Waals surface area contributed by atoms with E-state index in [2.05, 4.69) is 21.2 Å². The van der Waals surface area contributed by atoms with E-state index in [-0.39, 0.29) is 16.6 Å². The summed E-state index contributed by atoms with van der Waals surface area (Å²) in [6.07, 6.45) is -0.452. The highest BCUT2D eigenvalue weighted by Crippen LogP contribution is 2.32. The van der Waals surface area contributed by atoms with E-state index in [1.54, 1.807) is 27.7 Å². The van der Waals surface area contributed by atoms with E-state index in [4.69, 9.17) is 4.74 Å². The van der Waals surface area contributed by atoms with Crippen LogP contribution >= 0.6 is 15.9 Å². The van der Waals surface area contributed by atoms with E-state index in [1.165, 1.54) is 12.1 Å². The third-order valence-electron chi connectivity index (χ3n) is 3.52. The molecule has 0 spiro atoms. The van der Waals surface area contributed by atoms with Crippen molar-refractivity contribution in [1.29, 1.82) is 0 Å². The molecule has 0 bridgehead atoms. The van der Waals surface area contributed by atoms with Crippen LogP contribution in [0.3, 0.4) is 0 Å². The molecule has 2 atom stereocenters. The van der Waals surface area contributed by atoms with E-state index in [1.807, 2.05) is 0 Å². The van der Waals surface area contributed by atoms with Crippen LogP contribution in [0.5, 0.6) is 0 Å². The van der Waals surface area contributed by atoms with Crippen molar-refractivity contribution in [2.45, 2.75) is 51.8 Å². The summed E-state index contributed by atoms with van der Waals surface area (Å²) in [5.41, 5.74) is -0.848. The Balaban J connectivity index is 2.19. The Labute approximate surface area is 147 Å². The lowest BCUT2D eigenvalue weighted by atomic mass is 10.2. The van der Waals surface area contributed by atoms with Crippen molar-refractivity contribution in [3.8, 4) is 0 Å². The van der Waals surface area contributed by atoms with Crippen LogP contribution in [0.4, 0.5) is 19.3 Å². The molecule has 0 aliphatic carbocycles. The molecular formula is C16H19BrF2N2O3. The number of nitrogens with zero attached hydrogens (tertiary/aromatic N) is 1. The Morgan fingerprint density at radius 3 is 2.54 bits per heavy atom. The zero-order valence-electron chi connectivity index (χ0n) is 13.8. The van der Waals surface area contributed by atoms with E-state index >= 15 is 0 Å². The number of nitrogens with one attached hydrogen (secondary N) is 1. The number of carbonyl (C=O) groups excluding carboxylic acids is 2. The smallest absolute Gasteiger partial charge is 0.408 e. The number of hydrogen-bond acceptors (Lipinski definition) is 3. The molecule has 0 saturated carbocycles. The van der Waals surface area contributed by atoms with Crippen molar-refractivity contribution in [1.82, 2.24) is 5.32 Å². The molecule has 132 valence electrons. The SMILES string of the molecule is CC1CC(NC(=O)OC(C)(C)C)C(=O)N1c1ccc(Br)c(F)c1F. The van der Waals surface area contributed by atoms with Gasteiger partial charge in [-0.1, -0.05) is 0 Å². The summed E-state index contributed by atoms with van der Waals surface area (Å²) >= 11 is 2.90. The summed E-state index contributed by atoms with van der Waals surface area (Å²) < 4.78 is 33.0. The van der Waals surface area contributed by atoms with E-state index in [9.17, 15) is 18.4 Å². The molecule has 1 aromatic rings. The highest BCUT2D eigenvalue weighted by Gasteiger charge is 2.41. The molecule has 24 heavy (non-hydrogen) atoms. The van der Waals surface area contributed by atoms with Crippen molar-refractivity contribution in [2.24, 2.45) is 0 Å². The fourth-order valence-corrected chi connectivity index (χ4v) is 2.87. The fourth-order valence-electron chi connectivity index (χ4n) is 2.56. The van der Waals surface area contributed by atoms with Crippen LogP contribution in [0.15, 0.2) is 16.6 Å². The first-order chi connectivity index (χ1) is 11.0. The summed E-state index contributed by atoms with van der Waals surface area (Å²) in [6.45, 7) is 6.82. The van der Waals surface area contributed by atoms with Crippen LogP contribution in [0.1, 0.15) is 34.1 Å². The molecule has 2 amide bonds. The Morgan fingerprint density at radius 1 is 1.33 bits per heavy atom. The number of hydrogen-bond donors (Lipinski definition) is 1. The lowest BCUT2D eigenvalue weighted by molar-refractivity contribution is -0.119. The standard InChI is InChI=1S/C16H19BrF2N2O3/c1-8-7-10(20-15(23)24-16(2,3)4)14(22)21(8)11-6-5-9(17)12(18)13(11)19/h5-6,8,10H,7H2,1-4H3,(H,20,23). The van der Waals surface area contributed by atoms with Gasteiger partial charge >= 0.3 is 6.09 Å². The Kier molecular flexibility index (Phi) is 5.17. The molecule has 0 radical (unpaired) electrons. The topological polar surface area (TPSA) is 58.6 Å². The molecule has 1 N–H and O–H groups in total. The molecule has 1 aromatic carbocycles. The number of benzene rings is 1. The normalized spacial score (nSPS) is 21.1. The first-order valence-corrected chi connectivity index (χ1v) is 8.26. The lowest BCUT2D eigenvalue weighted by Gasteiger charge is -2.23. The predicted molar refractivity (Wildman–Crippen MR) is 88.8 cm³/mol. The molecule has 1 heterocycles. The molecule has 8 heteroatoms. The van der Waals surface area contributed by atoms with Gasteiger partial charge in [0.05, 0.1) is 10.2 Å². The zero-order chi connectivity index (χ0) is 18.2. The van der Waals surface area contributed by atoms with Crippen LogP contribution in [0, 0.1) is 11.6 Å². The van der Waals surface area contributed by atoms with Gasteiger partial charge in [-0.05, 0) is 62.2 Å². The van der Waals surface area contributed by atoms with Gasteiger partial charge in [0.2, 0.25) is 5.91 Å². The number of carbonyl (C=O) groups is 2. The summed E-state index contributed by atoms with van der Waals surface area (Å²) in [5, 5.41) is 2.48. The maximum atomic E-state index is 14.2. The van der Waals surface area contributed by atoms with Gasteiger partial charge in [-0.3, -0.25) is 4.79 Å². The van der Waals surface area contributed by atoms with Gasteiger partial charge in [0.25, 0.3) is 0 Å². The number of alkyl carbamates (subject to hydrolysis) is 1. The summed E-state index contributed by atoms with van der Waals surface area (Å²) in [5.74, 6) is -2.67. The monoisotopic (exact) mass is 404 g/mol. The van der Waals surface area contributed by atoms with Gasteiger partial charge in [0, 0.05) is 6.04 Å². The zero-order valence-corrected chi connectivity index (χ0v) is 15.4. The largest absolute Gasteiger partial charge is 0.444 e. The van der Waals surface area contributed by atoms with Gasteiger partial charge in [0.15, 0.2) is 11.6 Å². The van der Waals surface area contributed by atoms with Crippen molar-refractivity contribution in [3.05, 3.63) is 28.2 Å². The minimum absolute atomic E-state index is 0.0218. The highest BCUT2D eigenvalue weighted by atomic mass is 79.9. The average Bonchev–Trinajstić information content (AvgIpc) is 2.70. The highest BCUT2D eigenvalue weighted by molar-refractivity contribution is 9.10. The van der Waals surface area contributed by atoms with E-state index in [0.29, 0.717) is 0 Å². The number of ether oxygens (including phenoxy) is 1. The lowest BCUT2D eigenvalue weighted by Crippen LogP contribution is -2.44. The molecule has 1 saturated heterocycles. The van der Waals surface area contributed by atoms with E-state index in [0.717, 1.165) is 4.90 Å². The molecule has 1 fully saturated rings. The number of halogens is 3. The van der Waals surface area contributed by atoms with Gasteiger partial charge < -0.3 is 15.0 Å². The molecule has 0 aromatic heterocycles. The second-order valence-electron chi connectivity index (χ2n) is 6.69. The van der Waals surface area contributed by atoms with E-state index < -0.39 is 41.3 Å². The van der Waals surface area contributed by atoms with Gasteiger partial charge in [-0.2, -0.15) is 0 Å². The Morgan fingerprint density at radius 2 is 1.96 bits per heavy atom. The van der Waals surface area contributed by atoms with Crippen molar-refractivity contribution in [2.75, 3.05) is 4.90 Å². The average molecular weight is 405 g/mol. The van der Waals surface area contributed by atoms with Gasteiger partial charge in [-0.15, -0.1) is 0 Å². The van der Waals surface area contributed by atoms with Crippen LogP contribution in [-0.4, -0.2) is 29.7 Å². The molecule has 1 aliphatic heterocycles. The minimum Gasteiger partial charge on any atom is -0.444 e. The minimum atomic E-state index is -1.11. The maximum absolute atomic E-state index is 14.2. The molecule has 5 nitrogen and oxygen atoms in total. The number of amides is 2. The first kappa shape index (κ1) is 18.6.